The molecule has 0 aromatic heterocycles. The number of hydrogen-bond donors (Lipinski definition) is 3. The predicted molar refractivity (Wildman–Crippen MR) is 134 cm³/mol. The van der Waals surface area contributed by atoms with E-state index in [0.29, 0.717) is 17.5 Å². The molecular formula is C27H35N3O7. The SMILES string of the molecule is CC(C)Cc1cc(N(C)C)c2c(c1O)C(=O)C1C(=O)[C@@]3(O)C(=O)C(C(N)=O)C(=O)C(N(C)C)[C@H]3C[C@H]1C2. The number of nitrogens with zero attached hydrogens (tertiary/aromatic N) is 2. The highest BCUT2D eigenvalue weighted by Gasteiger charge is 2.69. The van der Waals surface area contributed by atoms with E-state index < -0.39 is 64.4 Å². The first kappa shape index (κ1) is 26.9. The second kappa shape index (κ2) is 9.02. The minimum absolute atomic E-state index is 0.0330. The normalized spacial score (nSPS) is 31.3. The molecule has 2 fully saturated rings. The lowest BCUT2D eigenvalue weighted by atomic mass is 9.52. The van der Waals surface area contributed by atoms with Crippen LogP contribution in [0.3, 0.4) is 0 Å². The molecule has 0 bridgehead atoms. The van der Waals surface area contributed by atoms with E-state index in [0.717, 1.165) is 5.69 Å². The molecule has 0 radical (unpaired) electrons. The lowest BCUT2D eigenvalue weighted by Crippen LogP contribution is -2.74. The van der Waals surface area contributed by atoms with E-state index in [1.165, 1.54) is 4.90 Å². The second-order valence-electron chi connectivity index (χ2n) is 11.5. The van der Waals surface area contributed by atoms with E-state index in [9.17, 15) is 34.2 Å². The van der Waals surface area contributed by atoms with Crippen LogP contribution >= 0.6 is 0 Å². The van der Waals surface area contributed by atoms with E-state index in [-0.39, 0.29) is 30.1 Å². The fourth-order valence-corrected chi connectivity index (χ4v) is 6.70. The maximum atomic E-state index is 13.9. The maximum absolute atomic E-state index is 13.9. The van der Waals surface area contributed by atoms with Gasteiger partial charge in [0.1, 0.15) is 5.75 Å². The van der Waals surface area contributed by atoms with Crippen LogP contribution in [0.25, 0.3) is 0 Å². The third-order valence-corrected chi connectivity index (χ3v) is 8.23. The fraction of sp³-hybridized carbons (Fsp3) is 0.593. The summed E-state index contributed by atoms with van der Waals surface area (Å²) in [7, 11) is 6.79. The molecule has 10 heteroatoms. The van der Waals surface area contributed by atoms with Crippen LogP contribution in [-0.2, 0) is 32.0 Å². The minimum Gasteiger partial charge on any atom is -0.507 e. The van der Waals surface area contributed by atoms with Crippen LogP contribution in [0.4, 0.5) is 5.69 Å². The number of aromatic hydroxyl groups is 1. The van der Waals surface area contributed by atoms with Gasteiger partial charge in [0.05, 0.1) is 17.5 Å². The monoisotopic (exact) mass is 513 g/mol. The van der Waals surface area contributed by atoms with Crippen LogP contribution in [0.5, 0.6) is 5.75 Å². The number of phenols is 1. The van der Waals surface area contributed by atoms with E-state index >= 15 is 0 Å². The van der Waals surface area contributed by atoms with Crippen LogP contribution in [0, 0.1) is 29.6 Å². The molecule has 0 heterocycles. The van der Waals surface area contributed by atoms with E-state index in [2.05, 4.69) is 0 Å². The summed E-state index contributed by atoms with van der Waals surface area (Å²) >= 11 is 0. The number of Topliss-reactive ketones (excluding diaryl/α,β-unsaturated/α-hetero) is 4. The Kier molecular flexibility index (Phi) is 6.57. The Hall–Kier alpha value is -3.11. The number of fused-ring (bicyclic) bond motifs is 3. The summed E-state index contributed by atoms with van der Waals surface area (Å²) in [5.74, 6) is -10.0. The van der Waals surface area contributed by atoms with Gasteiger partial charge in [0.15, 0.2) is 34.7 Å². The zero-order chi connectivity index (χ0) is 27.7. The molecule has 3 unspecified atom stereocenters. The molecule has 2 saturated carbocycles. The molecule has 1 aromatic rings. The number of likely N-dealkylation sites (N-methyl/N-ethyl adjacent to an activating group) is 1. The first-order valence-corrected chi connectivity index (χ1v) is 12.5. The Morgan fingerprint density at radius 3 is 2.27 bits per heavy atom. The quantitative estimate of drug-likeness (QED) is 0.465. The van der Waals surface area contributed by atoms with Crippen LogP contribution < -0.4 is 10.6 Å². The number of carbonyl (C=O) groups is 5. The number of primary amides is 1. The summed E-state index contributed by atoms with van der Waals surface area (Å²) in [4.78, 5) is 69.8. The largest absolute Gasteiger partial charge is 0.507 e. The summed E-state index contributed by atoms with van der Waals surface area (Å²) in [6.45, 7) is 3.97. The van der Waals surface area contributed by atoms with Gasteiger partial charge in [0.2, 0.25) is 5.91 Å². The lowest BCUT2D eigenvalue weighted by Gasteiger charge is -2.52. The summed E-state index contributed by atoms with van der Waals surface area (Å²) in [5, 5.41) is 22.8. The smallest absolute Gasteiger partial charge is 0.235 e. The van der Waals surface area contributed by atoms with Crippen molar-refractivity contribution < 1.29 is 34.2 Å². The molecule has 3 aliphatic rings. The van der Waals surface area contributed by atoms with E-state index in [1.54, 1.807) is 14.1 Å². The number of carbonyl (C=O) groups excluding carboxylic acids is 5. The Morgan fingerprint density at radius 2 is 1.76 bits per heavy atom. The van der Waals surface area contributed by atoms with Gasteiger partial charge in [-0.25, -0.2) is 0 Å². The minimum atomic E-state index is -2.72. The van der Waals surface area contributed by atoms with E-state index in [1.807, 2.05) is 38.9 Å². The van der Waals surface area contributed by atoms with Crippen molar-refractivity contribution in [2.24, 2.45) is 35.3 Å². The van der Waals surface area contributed by atoms with Crippen LogP contribution in [0.15, 0.2) is 6.07 Å². The van der Waals surface area contributed by atoms with Crippen molar-refractivity contribution >= 4 is 34.7 Å². The zero-order valence-corrected chi connectivity index (χ0v) is 22.1. The fourth-order valence-electron chi connectivity index (χ4n) is 6.70. The third kappa shape index (κ3) is 3.80. The van der Waals surface area contributed by atoms with Crippen LogP contribution in [0.1, 0.15) is 41.8 Å². The summed E-state index contributed by atoms with van der Waals surface area (Å²) < 4.78 is 0. The standard InChI is InChI=1S/C27H35N3O7/c1-11(2)7-13-10-16(29(3)4)14-8-12-9-15-20(30(5)6)23(33)19(26(28)36)25(35)27(15,37)24(34)17(12)22(32)18(14)21(13)31/h10-12,15,17,19-20,31,37H,7-9H2,1-6H3,(H2,28,36)/t12-,15-,17?,19?,20?,27-/m1/s1. The molecule has 10 nitrogen and oxygen atoms in total. The molecule has 6 atom stereocenters. The van der Waals surface area contributed by atoms with Crippen LogP contribution in [-0.4, -0.2) is 84.0 Å². The number of nitrogens with two attached hydrogens (primary N) is 1. The number of ketones is 4. The highest BCUT2D eigenvalue weighted by molar-refractivity contribution is 6.32. The van der Waals surface area contributed by atoms with Gasteiger partial charge in [-0.2, -0.15) is 0 Å². The third-order valence-electron chi connectivity index (χ3n) is 8.23. The molecule has 4 rings (SSSR count). The Balaban J connectivity index is 1.90. The Morgan fingerprint density at radius 1 is 1.14 bits per heavy atom. The highest BCUT2D eigenvalue weighted by Crippen LogP contribution is 2.52. The molecule has 0 saturated heterocycles. The molecule has 200 valence electrons. The topological polar surface area (TPSA) is 158 Å². The van der Waals surface area contributed by atoms with Crippen molar-refractivity contribution in [3.8, 4) is 5.75 Å². The van der Waals surface area contributed by atoms with E-state index in [4.69, 9.17) is 5.73 Å². The first-order valence-electron chi connectivity index (χ1n) is 12.5. The van der Waals surface area contributed by atoms with Crippen molar-refractivity contribution in [2.75, 3.05) is 33.1 Å². The predicted octanol–water partition coefficient (Wildman–Crippen LogP) is 0.132. The number of rotatable bonds is 5. The number of benzene rings is 1. The Labute approximate surface area is 215 Å². The molecular weight excluding hydrogens is 478 g/mol. The second-order valence-corrected chi connectivity index (χ2v) is 11.5. The molecule has 0 spiro atoms. The molecule has 1 amide bonds. The van der Waals surface area contributed by atoms with Gasteiger partial charge < -0.3 is 20.8 Å². The number of hydrogen-bond acceptors (Lipinski definition) is 9. The number of phenolic OH excluding ortho intramolecular Hbond substituents is 1. The molecule has 4 N–H and O–H groups in total. The lowest BCUT2D eigenvalue weighted by molar-refractivity contribution is -0.181. The van der Waals surface area contributed by atoms with Gasteiger partial charge in [-0.15, -0.1) is 0 Å². The van der Waals surface area contributed by atoms with Crippen molar-refractivity contribution in [1.29, 1.82) is 0 Å². The number of amides is 1. The van der Waals surface area contributed by atoms with Gasteiger partial charge in [-0.05, 0) is 62.4 Å². The molecule has 1 aromatic carbocycles. The van der Waals surface area contributed by atoms with Crippen molar-refractivity contribution in [3.05, 3.63) is 22.8 Å². The summed E-state index contributed by atoms with van der Waals surface area (Å²) in [5.41, 5.74) is 4.60. The first-order chi connectivity index (χ1) is 17.1. The average molecular weight is 514 g/mol. The van der Waals surface area contributed by atoms with Gasteiger partial charge in [-0.3, -0.25) is 28.9 Å². The van der Waals surface area contributed by atoms with Gasteiger partial charge >= 0.3 is 0 Å². The summed E-state index contributed by atoms with van der Waals surface area (Å²) in [6, 6.07) is 0.744. The maximum Gasteiger partial charge on any atom is 0.235 e. The van der Waals surface area contributed by atoms with Gasteiger partial charge in [-0.1, -0.05) is 13.8 Å². The summed E-state index contributed by atoms with van der Waals surface area (Å²) in [6.07, 6.45) is 0.785. The molecule has 3 aliphatic carbocycles. The highest BCUT2D eigenvalue weighted by atomic mass is 16.3. The molecule has 37 heavy (non-hydrogen) atoms. The van der Waals surface area contributed by atoms with Crippen LogP contribution in [0.2, 0.25) is 0 Å². The van der Waals surface area contributed by atoms with Crippen molar-refractivity contribution in [2.45, 2.75) is 44.8 Å². The number of aliphatic hydroxyl groups is 1. The molecule has 0 aliphatic heterocycles. The number of anilines is 1. The van der Waals surface area contributed by atoms with Crippen molar-refractivity contribution in [1.82, 2.24) is 4.90 Å². The van der Waals surface area contributed by atoms with Gasteiger partial charge in [0.25, 0.3) is 0 Å². The average Bonchev–Trinajstić information content (AvgIpc) is 2.77. The zero-order valence-electron chi connectivity index (χ0n) is 22.1. The van der Waals surface area contributed by atoms with Gasteiger partial charge in [0, 0.05) is 25.7 Å². The Bertz CT molecular complexity index is 1220. The van der Waals surface area contributed by atoms with Crippen molar-refractivity contribution in [3.63, 3.8) is 0 Å².